The lowest BCUT2D eigenvalue weighted by atomic mass is 10.1. The van der Waals surface area contributed by atoms with Gasteiger partial charge in [-0.1, -0.05) is 42.3 Å². The number of amides is 1. The smallest absolute Gasteiger partial charge is 0.259 e. The van der Waals surface area contributed by atoms with Crippen LogP contribution >= 0.6 is 0 Å². The highest BCUT2D eigenvalue weighted by Gasteiger charge is 2.25. The summed E-state index contributed by atoms with van der Waals surface area (Å²) in [5.74, 6) is 2.46. The van der Waals surface area contributed by atoms with Crippen LogP contribution in [0.15, 0.2) is 67.0 Å². The largest absolute Gasteiger partial charge is 0.381 e. The third-order valence-corrected chi connectivity index (χ3v) is 5.27. The summed E-state index contributed by atoms with van der Waals surface area (Å²) in [7, 11) is 0. The molecule has 156 valence electrons. The second kappa shape index (κ2) is 7.56. The molecule has 0 spiro atoms. The predicted molar refractivity (Wildman–Crippen MR) is 122 cm³/mol. The highest BCUT2D eigenvalue weighted by atomic mass is 16.1. The first-order chi connectivity index (χ1) is 15.6. The summed E-state index contributed by atoms with van der Waals surface area (Å²) in [5, 5.41) is 7.17. The molecular formula is C24H19N7O. The molecule has 32 heavy (non-hydrogen) atoms. The first-order valence-corrected chi connectivity index (χ1v) is 10.0. The molecule has 0 bridgehead atoms. The number of aromatic nitrogens is 5. The molecule has 3 N–H and O–H groups in total. The summed E-state index contributed by atoms with van der Waals surface area (Å²) in [4.78, 5) is 22.2. The summed E-state index contributed by atoms with van der Waals surface area (Å²) in [6, 6.07) is 16.7. The van der Waals surface area contributed by atoms with Gasteiger partial charge in [-0.15, -0.1) is 11.5 Å². The van der Waals surface area contributed by atoms with Crippen LogP contribution in [0.25, 0.3) is 22.6 Å². The number of nitrogen functional groups attached to an aromatic ring is 1. The Kier molecular flexibility index (Phi) is 4.57. The lowest BCUT2D eigenvalue weighted by molar-refractivity contribution is 0.0941. The maximum Gasteiger partial charge on any atom is 0.259 e. The Morgan fingerprint density at radius 1 is 1.16 bits per heavy atom. The van der Waals surface area contributed by atoms with Gasteiger partial charge in [-0.2, -0.15) is 0 Å². The van der Waals surface area contributed by atoms with Crippen molar-refractivity contribution in [1.29, 1.82) is 0 Å². The SMILES string of the molecule is C#Cc1cccc2nc(C(C)NC(=O)c3c(N)nn4cccnc34)c(-c3ccccc3)n12. The third-order valence-electron chi connectivity index (χ3n) is 5.27. The minimum absolute atomic E-state index is 0.112. The molecule has 5 aromatic rings. The molecule has 0 aliphatic heterocycles. The van der Waals surface area contributed by atoms with Crippen molar-refractivity contribution >= 4 is 23.0 Å². The van der Waals surface area contributed by atoms with Crippen molar-refractivity contribution < 1.29 is 4.79 Å². The number of nitrogens with zero attached hydrogens (tertiary/aromatic N) is 5. The van der Waals surface area contributed by atoms with Gasteiger partial charge in [0.1, 0.15) is 11.2 Å². The van der Waals surface area contributed by atoms with Crippen molar-refractivity contribution in [3.63, 3.8) is 0 Å². The molecule has 0 saturated heterocycles. The van der Waals surface area contributed by atoms with E-state index in [2.05, 4.69) is 21.3 Å². The fourth-order valence-corrected chi connectivity index (χ4v) is 3.86. The summed E-state index contributed by atoms with van der Waals surface area (Å²) in [6.07, 6.45) is 9.05. The van der Waals surface area contributed by atoms with Crippen LogP contribution in [0.3, 0.4) is 0 Å². The number of nitrogens with one attached hydrogen (secondary N) is 1. The molecule has 4 aromatic heterocycles. The zero-order valence-electron chi connectivity index (χ0n) is 17.2. The van der Waals surface area contributed by atoms with Crippen LogP contribution in [0.5, 0.6) is 0 Å². The molecule has 8 nitrogen and oxygen atoms in total. The van der Waals surface area contributed by atoms with Gasteiger partial charge in [0, 0.05) is 18.0 Å². The number of benzene rings is 1. The quantitative estimate of drug-likeness (QED) is 0.434. The fraction of sp³-hybridized carbons (Fsp3) is 0.0833. The Hall–Kier alpha value is -4.64. The molecule has 1 unspecified atom stereocenters. The van der Waals surface area contributed by atoms with E-state index in [9.17, 15) is 4.79 Å². The van der Waals surface area contributed by atoms with Gasteiger partial charge < -0.3 is 11.1 Å². The average Bonchev–Trinajstić information content (AvgIpc) is 3.36. The molecule has 1 atom stereocenters. The van der Waals surface area contributed by atoms with Crippen molar-refractivity contribution in [2.75, 3.05) is 5.73 Å². The number of carbonyl (C=O) groups excluding carboxylic acids is 1. The Labute approximate surface area is 183 Å². The van der Waals surface area contributed by atoms with Gasteiger partial charge in [-0.25, -0.2) is 14.5 Å². The summed E-state index contributed by atoms with van der Waals surface area (Å²) >= 11 is 0. The molecule has 4 heterocycles. The number of terminal acetylenes is 1. The Balaban J connectivity index is 1.61. The number of pyridine rings is 1. The normalized spacial score (nSPS) is 12.0. The van der Waals surface area contributed by atoms with Crippen LogP contribution in [0, 0.1) is 12.3 Å². The molecule has 8 heteroatoms. The number of anilines is 1. The number of hydrogen-bond acceptors (Lipinski definition) is 5. The summed E-state index contributed by atoms with van der Waals surface area (Å²) in [6.45, 7) is 1.87. The van der Waals surface area contributed by atoms with E-state index in [1.165, 1.54) is 4.52 Å². The first-order valence-electron chi connectivity index (χ1n) is 10.0. The van der Waals surface area contributed by atoms with Crippen molar-refractivity contribution in [1.82, 2.24) is 29.3 Å². The van der Waals surface area contributed by atoms with E-state index in [-0.39, 0.29) is 17.3 Å². The van der Waals surface area contributed by atoms with Crippen molar-refractivity contribution in [2.24, 2.45) is 0 Å². The van der Waals surface area contributed by atoms with Crippen molar-refractivity contribution in [2.45, 2.75) is 13.0 Å². The predicted octanol–water partition coefficient (Wildman–Crippen LogP) is 3.10. The number of carbonyl (C=O) groups is 1. The number of hydrogen-bond donors (Lipinski definition) is 2. The minimum atomic E-state index is -0.443. The van der Waals surface area contributed by atoms with E-state index >= 15 is 0 Å². The maximum atomic E-state index is 13.2. The van der Waals surface area contributed by atoms with E-state index in [1.54, 1.807) is 18.5 Å². The molecule has 1 aromatic carbocycles. The lowest BCUT2D eigenvalue weighted by Crippen LogP contribution is -2.28. The third kappa shape index (κ3) is 3.04. The second-order valence-electron chi connectivity index (χ2n) is 7.30. The number of fused-ring (bicyclic) bond motifs is 2. The Bertz CT molecular complexity index is 1510. The van der Waals surface area contributed by atoms with Gasteiger partial charge in [0.15, 0.2) is 11.5 Å². The van der Waals surface area contributed by atoms with Gasteiger partial charge in [0.05, 0.1) is 23.1 Å². The molecule has 5 rings (SSSR count). The minimum Gasteiger partial charge on any atom is -0.381 e. The molecule has 0 aliphatic carbocycles. The zero-order chi connectivity index (χ0) is 22.2. The zero-order valence-corrected chi connectivity index (χ0v) is 17.2. The molecular weight excluding hydrogens is 402 g/mol. The van der Waals surface area contributed by atoms with Gasteiger partial charge in [-0.05, 0) is 25.1 Å². The molecule has 0 aliphatic rings. The average molecular weight is 421 g/mol. The van der Waals surface area contributed by atoms with E-state index in [1.807, 2.05) is 59.9 Å². The molecule has 1 amide bonds. The lowest BCUT2D eigenvalue weighted by Gasteiger charge is -2.14. The van der Waals surface area contributed by atoms with E-state index in [4.69, 9.17) is 17.1 Å². The molecule has 0 fully saturated rings. The molecule has 0 saturated carbocycles. The van der Waals surface area contributed by atoms with Gasteiger partial charge in [-0.3, -0.25) is 9.20 Å². The van der Waals surface area contributed by atoms with Crippen LogP contribution in [0.2, 0.25) is 0 Å². The first kappa shape index (κ1) is 19.3. The van der Waals surface area contributed by atoms with Crippen LogP contribution in [0.1, 0.15) is 34.7 Å². The highest BCUT2D eigenvalue weighted by molar-refractivity contribution is 6.04. The van der Waals surface area contributed by atoms with Gasteiger partial charge in [0.2, 0.25) is 0 Å². The summed E-state index contributed by atoms with van der Waals surface area (Å²) < 4.78 is 3.41. The fourth-order valence-electron chi connectivity index (χ4n) is 3.86. The topological polar surface area (TPSA) is 103 Å². The molecule has 0 radical (unpaired) electrons. The maximum absolute atomic E-state index is 13.2. The van der Waals surface area contributed by atoms with Crippen LogP contribution in [0.4, 0.5) is 5.82 Å². The number of imidazole rings is 1. The monoisotopic (exact) mass is 421 g/mol. The van der Waals surface area contributed by atoms with Crippen LogP contribution < -0.4 is 11.1 Å². The Morgan fingerprint density at radius 3 is 2.75 bits per heavy atom. The highest BCUT2D eigenvalue weighted by Crippen LogP contribution is 2.31. The second-order valence-corrected chi connectivity index (χ2v) is 7.30. The van der Waals surface area contributed by atoms with E-state index in [0.717, 1.165) is 11.3 Å². The van der Waals surface area contributed by atoms with Crippen LogP contribution in [-0.2, 0) is 0 Å². The number of nitrogens with two attached hydrogens (primary N) is 1. The standard InChI is InChI=1S/C24H19N7O/c1-3-17-11-7-12-18-28-20(21(31(17)18)16-9-5-4-6-10-16)15(2)27-24(32)19-22(25)29-30-14-8-13-26-23(19)30/h1,4-15H,2H3,(H2,25,29)(H,27,32). The van der Waals surface area contributed by atoms with Gasteiger partial charge in [0.25, 0.3) is 5.91 Å². The van der Waals surface area contributed by atoms with Gasteiger partial charge >= 0.3 is 0 Å². The number of rotatable bonds is 4. The Morgan fingerprint density at radius 2 is 1.97 bits per heavy atom. The van der Waals surface area contributed by atoms with Crippen molar-refractivity contribution in [3.05, 3.63) is 83.9 Å². The van der Waals surface area contributed by atoms with Crippen molar-refractivity contribution in [3.8, 4) is 23.6 Å². The van der Waals surface area contributed by atoms with E-state index < -0.39 is 6.04 Å². The summed E-state index contributed by atoms with van der Waals surface area (Å²) in [5.41, 5.74) is 10.5. The van der Waals surface area contributed by atoms with Crippen LogP contribution in [-0.4, -0.2) is 29.9 Å². The van der Waals surface area contributed by atoms with E-state index in [0.29, 0.717) is 22.7 Å².